The van der Waals surface area contributed by atoms with Gasteiger partial charge in [-0.3, -0.25) is 0 Å². The van der Waals surface area contributed by atoms with Gasteiger partial charge in [0.15, 0.2) is 0 Å². The minimum absolute atomic E-state index is 0.239. The van der Waals surface area contributed by atoms with E-state index >= 15 is 0 Å². The number of aliphatic hydroxyl groups excluding tert-OH is 1. The minimum atomic E-state index is 0.239. The molecule has 0 bridgehead atoms. The summed E-state index contributed by atoms with van der Waals surface area (Å²) < 4.78 is 0. The molecule has 1 aliphatic carbocycles. The molecule has 14 heavy (non-hydrogen) atoms. The Morgan fingerprint density at radius 3 is 2.36 bits per heavy atom. The normalized spacial score (nSPS) is 19.0. The van der Waals surface area contributed by atoms with E-state index in [9.17, 15) is 0 Å². The van der Waals surface area contributed by atoms with Crippen LogP contribution in [0.4, 0.5) is 0 Å². The highest BCUT2D eigenvalue weighted by Crippen LogP contribution is 2.36. The van der Waals surface area contributed by atoms with E-state index in [0.29, 0.717) is 0 Å². The van der Waals surface area contributed by atoms with Crippen LogP contribution < -0.4 is 0 Å². The van der Waals surface area contributed by atoms with E-state index in [-0.39, 0.29) is 12.5 Å². The number of rotatable bonds is 3. The van der Waals surface area contributed by atoms with Gasteiger partial charge >= 0.3 is 0 Å². The van der Waals surface area contributed by atoms with Crippen LogP contribution in [0.3, 0.4) is 0 Å². The summed E-state index contributed by atoms with van der Waals surface area (Å²) in [4.78, 5) is 0. The molecule has 0 aliphatic heterocycles. The van der Waals surface area contributed by atoms with E-state index in [0.717, 1.165) is 5.92 Å². The molecule has 76 valence electrons. The molecule has 1 nitrogen and oxygen atoms in total. The van der Waals surface area contributed by atoms with Crippen molar-refractivity contribution in [3.05, 3.63) is 35.4 Å². The Balaban J connectivity index is 2.09. The van der Waals surface area contributed by atoms with Crippen LogP contribution in [0.15, 0.2) is 24.3 Å². The van der Waals surface area contributed by atoms with Crippen molar-refractivity contribution in [2.75, 3.05) is 6.61 Å². The quantitative estimate of drug-likeness (QED) is 0.776. The first-order chi connectivity index (χ1) is 6.81. The lowest BCUT2D eigenvalue weighted by atomic mass is 9.79. The molecule has 0 amide bonds. The lowest BCUT2D eigenvalue weighted by molar-refractivity contribution is 0.273. The van der Waals surface area contributed by atoms with Crippen LogP contribution in [0.2, 0.25) is 0 Å². The van der Waals surface area contributed by atoms with Gasteiger partial charge in [-0.2, -0.15) is 0 Å². The minimum Gasteiger partial charge on any atom is -0.396 e. The zero-order valence-electron chi connectivity index (χ0n) is 8.74. The van der Waals surface area contributed by atoms with E-state index in [4.69, 9.17) is 5.11 Å². The van der Waals surface area contributed by atoms with Gasteiger partial charge in [-0.25, -0.2) is 0 Å². The largest absolute Gasteiger partial charge is 0.396 e. The monoisotopic (exact) mass is 190 g/mol. The molecule has 0 spiro atoms. The lowest BCUT2D eigenvalue weighted by Gasteiger charge is -2.26. The highest BCUT2D eigenvalue weighted by atomic mass is 16.3. The first kappa shape index (κ1) is 9.72. The van der Waals surface area contributed by atoms with Crippen molar-refractivity contribution in [3.8, 4) is 0 Å². The van der Waals surface area contributed by atoms with Gasteiger partial charge in [0.1, 0.15) is 0 Å². The molecule has 1 aromatic rings. The van der Waals surface area contributed by atoms with Crippen molar-refractivity contribution in [2.45, 2.75) is 38.0 Å². The molecule has 1 fully saturated rings. The summed E-state index contributed by atoms with van der Waals surface area (Å²) in [5.41, 5.74) is 2.72. The lowest BCUT2D eigenvalue weighted by Crippen LogP contribution is -2.08. The standard InChI is InChI=1S/C13H18O/c1-10(9-14)11-5-7-13(8-6-11)12-3-2-4-12/h5-8,10,12,14H,2-4,9H2,1H3. The van der Waals surface area contributed by atoms with Crippen LogP contribution in [-0.4, -0.2) is 11.7 Å². The fourth-order valence-electron chi connectivity index (χ4n) is 1.94. The van der Waals surface area contributed by atoms with Crippen molar-refractivity contribution in [3.63, 3.8) is 0 Å². The molecule has 0 radical (unpaired) electrons. The van der Waals surface area contributed by atoms with Gasteiger partial charge in [0.05, 0.1) is 0 Å². The average Bonchev–Trinajstić information content (AvgIpc) is 2.15. The van der Waals surface area contributed by atoms with Crippen molar-refractivity contribution < 1.29 is 5.11 Å². The van der Waals surface area contributed by atoms with Crippen molar-refractivity contribution in [1.82, 2.24) is 0 Å². The van der Waals surface area contributed by atoms with Gasteiger partial charge < -0.3 is 5.11 Å². The Kier molecular flexibility index (Phi) is 2.87. The summed E-state index contributed by atoms with van der Waals surface area (Å²) in [6.07, 6.45) is 4.10. The number of benzene rings is 1. The van der Waals surface area contributed by atoms with Crippen LogP contribution >= 0.6 is 0 Å². The topological polar surface area (TPSA) is 20.2 Å². The maximum absolute atomic E-state index is 9.02. The molecule has 2 rings (SSSR count). The van der Waals surface area contributed by atoms with E-state index < -0.39 is 0 Å². The molecule has 1 saturated carbocycles. The van der Waals surface area contributed by atoms with Crippen molar-refractivity contribution in [2.24, 2.45) is 0 Å². The van der Waals surface area contributed by atoms with Crippen LogP contribution in [0.5, 0.6) is 0 Å². The summed E-state index contributed by atoms with van der Waals surface area (Å²) in [6, 6.07) is 8.78. The maximum atomic E-state index is 9.02. The summed E-state index contributed by atoms with van der Waals surface area (Å²) in [5.74, 6) is 1.08. The molecule has 1 unspecified atom stereocenters. The Hall–Kier alpha value is -0.820. The smallest absolute Gasteiger partial charge is 0.0497 e. The number of hydrogen-bond donors (Lipinski definition) is 1. The van der Waals surface area contributed by atoms with E-state index in [2.05, 4.69) is 31.2 Å². The van der Waals surface area contributed by atoms with Gasteiger partial charge in [-0.1, -0.05) is 37.6 Å². The van der Waals surface area contributed by atoms with Crippen molar-refractivity contribution >= 4 is 0 Å². The molecule has 1 aliphatic rings. The molecule has 1 aromatic carbocycles. The molecule has 1 N–H and O–H groups in total. The average molecular weight is 190 g/mol. The highest BCUT2D eigenvalue weighted by Gasteiger charge is 2.19. The summed E-state index contributed by atoms with van der Waals surface area (Å²) in [7, 11) is 0. The first-order valence-electron chi connectivity index (χ1n) is 5.52. The molecular weight excluding hydrogens is 172 g/mol. The van der Waals surface area contributed by atoms with Gasteiger partial charge in [-0.05, 0) is 29.9 Å². The SMILES string of the molecule is CC(CO)c1ccc(C2CCC2)cc1. The van der Waals surface area contributed by atoms with Crippen LogP contribution in [0.1, 0.15) is 49.1 Å². The molecule has 1 atom stereocenters. The second-order valence-electron chi connectivity index (χ2n) is 4.38. The van der Waals surface area contributed by atoms with Crippen LogP contribution in [0, 0.1) is 0 Å². The van der Waals surface area contributed by atoms with Gasteiger partial charge in [0.25, 0.3) is 0 Å². The fourth-order valence-corrected chi connectivity index (χ4v) is 1.94. The first-order valence-corrected chi connectivity index (χ1v) is 5.52. The molecule has 1 heteroatoms. The Morgan fingerprint density at radius 1 is 1.29 bits per heavy atom. The second-order valence-corrected chi connectivity index (χ2v) is 4.38. The van der Waals surface area contributed by atoms with Crippen molar-refractivity contribution in [1.29, 1.82) is 0 Å². The maximum Gasteiger partial charge on any atom is 0.0497 e. The third-order valence-electron chi connectivity index (χ3n) is 3.36. The van der Waals surface area contributed by atoms with Crippen LogP contribution in [-0.2, 0) is 0 Å². The summed E-state index contributed by atoms with van der Waals surface area (Å²) >= 11 is 0. The van der Waals surface area contributed by atoms with Gasteiger partial charge in [-0.15, -0.1) is 0 Å². The van der Waals surface area contributed by atoms with Gasteiger partial charge in [0.2, 0.25) is 0 Å². The molecule has 0 heterocycles. The highest BCUT2D eigenvalue weighted by molar-refractivity contribution is 5.28. The predicted molar refractivity (Wildman–Crippen MR) is 58.5 cm³/mol. The van der Waals surface area contributed by atoms with Gasteiger partial charge in [0, 0.05) is 12.5 Å². The number of hydrogen-bond acceptors (Lipinski definition) is 1. The molecule has 0 saturated heterocycles. The zero-order valence-corrected chi connectivity index (χ0v) is 8.74. The Bertz CT molecular complexity index is 261. The summed E-state index contributed by atoms with van der Waals surface area (Å²) in [6.45, 7) is 2.29. The zero-order chi connectivity index (χ0) is 9.97. The van der Waals surface area contributed by atoms with E-state index in [1.165, 1.54) is 30.4 Å². The Morgan fingerprint density at radius 2 is 1.93 bits per heavy atom. The number of aliphatic hydroxyl groups is 1. The van der Waals surface area contributed by atoms with E-state index in [1.807, 2.05) is 0 Å². The van der Waals surface area contributed by atoms with Crippen LogP contribution in [0.25, 0.3) is 0 Å². The Labute approximate surface area is 85.8 Å². The fraction of sp³-hybridized carbons (Fsp3) is 0.538. The molecule has 0 aromatic heterocycles. The third-order valence-corrected chi connectivity index (χ3v) is 3.36. The van der Waals surface area contributed by atoms with E-state index in [1.54, 1.807) is 0 Å². The third kappa shape index (κ3) is 1.83. The second kappa shape index (κ2) is 4.14. The molecular formula is C13H18O. The summed E-state index contributed by atoms with van der Waals surface area (Å²) in [5, 5.41) is 9.02. The predicted octanol–water partition coefficient (Wildman–Crippen LogP) is 3.05.